The van der Waals surface area contributed by atoms with Crippen molar-refractivity contribution < 1.29 is 28.2 Å². The molecule has 3 atom stereocenters. The van der Waals surface area contributed by atoms with E-state index in [9.17, 15) is 18.3 Å². The van der Waals surface area contributed by atoms with Crippen molar-refractivity contribution in [2.75, 3.05) is 5.32 Å². The summed E-state index contributed by atoms with van der Waals surface area (Å²) in [5.74, 6) is 0.184. The Balaban J connectivity index is 1.93. The molecule has 0 saturated heterocycles. The van der Waals surface area contributed by atoms with Crippen LogP contribution in [0, 0.1) is 5.92 Å². The van der Waals surface area contributed by atoms with Gasteiger partial charge in [0, 0.05) is 18.2 Å². The van der Waals surface area contributed by atoms with Gasteiger partial charge < -0.3 is 31.0 Å². The van der Waals surface area contributed by atoms with Crippen LogP contribution in [-0.4, -0.2) is 41.2 Å². The summed E-state index contributed by atoms with van der Waals surface area (Å²) >= 11 is 0. The van der Waals surface area contributed by atoms with E-state index in [4.69, 9.17) is 5.21 Å². The van der Waals surface area contributed by atoms with Crippen LogP contribution in [0.1, 0.15) is 20.3 Å². The zero-order valence-electron chi connectivity index (χ0n) is 14.2. The predicted molar refractivity (Wildman–Crippen MR) is 88.4 cm³/mol. The highest BCUT2D eigenvalue weighted by atomic mass is 19.4. The van der Waals surface area contributed by atoms with Crippen molar-refractivity contribution in [2.45, 2.75) is 45.2 Å². The molecule has 0 bridgehead atoms. The number of halogens is 3. The molecule has 1 aliphatic heterocycles. The average molecular weight is 377 g/mol. The first-order valence-electron chi connectivity index (χ1n) is 7.97. The fraction of sp³-hybridized carbons (Fsp3) is 0.533. The van der Waals surface area contributed by atoms with Crippen LogP contribution in [-0.2, 0) is 0 Å². The minimum absolute atomic E-state index is 0.0330. The van der Waals surface area contributed by atoms with E-state index in [-0.39, 0.29) is 23.7 Å². The molecule has 0 amide bonds. The zero-order chi connectivity index (χ0) is 19.3. The number of aliphatic hydroxyl groups is 1. The number of hydrogen-bond acceptors (Lipinski definition) is 8. The summed E-state index contributed by atoms with van der Waals surface area (Å²) in [4.78, 5) is 4.16. The molecule has 1 heterocycles. The number of aliphatic hydroxyl groups excluding tert-OH is 1. The SMILES string of the molecule is CC(C)C1CC(NO)N=C(NC(O)Nc2ccc(OC(F)(F)F)cc2)N1. The number of nitrogens with zero attached hydrogens (tertiary/aromatic N) is 1. The smallest absolute Gasteiger partial charge is 0.406 e. The van der Waals surface area contributed by atoms with Crippen molar-refractivity contribution >= 4 is 11.6 Å². The first-order chi connectivity index (χ1) is 12.2. The minimum atomic E-state index is -4.76. The Bertz CT molecular complexity index is 610. The lowest BCUT2D eigenvalue weighted by molar-refractivity contribution is -0.274. The van der Waals surface area contributed by atoms with Crippen molar-refractivity contribution in [3.63, 3.8) is 0 Å². The molecule has 1 aromatic rings. The number of benzene rings is 1. The second kappa shape index (κ2) is 8.43. The third-order valence-electron chi connectivity index (χ3n) is 3.70. The molecule has 146 valence electrons. The van der Waals surface area contributed by atoms with Gasteiger partial charge in [0.05, 0.1) is 0 Å². The molecule has 0 spiro atoms. The summed E-state index contributed by atoms with van der Waals surface area (Å²) in [6, 6.07) is 4.94. The number of aliphatic imine (C=N–C) groups is 1. The van der Waals surface area contributed by atoms with Crippen LogP contribution in [0.2, 0.25) is 0 Å². The van der Waals surface area contributed by atoms with Gasteiger partial charge in [-0.15, -0.1) is 13.2 Å². The second-order valence-corrected chi connectivity index (χ2v) is 6.12. The lowest BCUT2D eigenvalue weighted by Gasteiger charge is -2.32. The highest BCUT2D eigenvalue weighted by Gasteiger charge is 2.31. The molecule has 11 heteroatoms. The lowest BCUT2D eigenvalue weighted by atomic mass is 9.99. The van der Waals surface area contributed by atoms with Gasteiger partial charge in [0.1, 0.15) is 11.9 Å². The number of guanidine groups is 1. The minimum Gasteiger partial charge on any atom is -0.406 e. The molecule has 0 aliphatic carbocycles. The van der Waals surface area contributed by atoms with Crippen LogP contribution in [0.25, 0.3) is 0 Å². The van der Waals surface area contributed by atoms with Crippen molar-refractivity contribution in [1.82, 2.24) is 16.1 Å². The van der Waals surface area contributed by atoms with Gasteiger partial charge in [0.25, 0.3) is 0 Å². The molecule has 0 radical (unpaired) electrons. The molecule has 0 fully saturated rings. The average Bonchev–Trinajstić information content (AvgIpc) is 2.54. The van der Waals surface area contributed by atoms with Crippen LogP contribution < -0.4 is 26.2 Å². The quantitative estimate of drug-likeness (QED) is 0.330. The van der Waals surface area contributed by atoms with Gasteiger partial charge >= 0.3 is 6.36 Å². The highest BCUT2D eigenvalue weighted by Crippen LogP contribution is 2.24. The normalized spacial score (nSPS) is 21.6. The summed E-state index contributed by atoms with van der Waals surface area (Å²) in [6.45, 7) is 4.02. The van der Waals surface area contributed by atoms with Crippen molar-refractivity contribution in [1.29, 1.82) is 0 Å². The standard InChI is InChI=1S/C15H22F3N5O3/c1-8(2)11-7-12(23-25)21-13(20-11)22-14(24)19-9-3-5-10(6-4-9)26-15(16,17)18/h3-6,8,11-12,14,19,23-25H,7H2,1-2H3,(H2,20,21,22). The molecular formula is C15H22F3N5O3. The van der Waals surface area contributed by atoms with Crippen LogP contribution in [0.4, 0.5) is 18.9 Å². The highest BCUT2D eigenvalue weighted by molar-refractivity contribution is 5.81. The number of rotatable bonds is 6. The monoisotopic (exact) mass is 377 g/mol. The van der Waals surface area contributed by atoms with Crippen LogP contribution in [0.15, 0.2) is 29.3 Å². The molecule has 8 nitrogen and oxygen atoms in total. The third-order valence-corrected chi connectivity index (χ3v) is 3.70. The largest absolute Gasteiger partial charge is 0.573 e. The number of alkyl halides is 3. The van der Waals surface area contributed by atoms with E-state index in [2.05, 4.69) is 31.2 Å². The summed E-state index contributed by atoms with van der Waals surface area (Å²) < 4.78 is 40.2. The topological polar surface area (TPSA) is 110 Å². The van der Waals surface area contributed by atoms with Crippen LogP contribution in [0.5, 0.6) is 5.75 Å². The molecule has 6 N–H and O–H groups in total. The first-order valence-corrected chi connectivity index (χ1v) is 7.97. The predicted octanol–water partition coefficient (Wildman–Crippen LogP) is 1.54. The Hall–Kier alpha value is -2.24. The molecule has 26 heavy (non-hydrogen) atoms. The van der Waals surface area contributed by atoms with Crippen molar-refractivity contribution in [3.05, 3.63) is 24.3 Å². The van der Waals surface area contributed by atoms with Crippen molar-refractivity contribution in [3.8, 4) is 5.75 Å². The molecular weight excluding hydrogens is 355 g/mol. The first kappa shape index (κ1) is 20.1. The number of anilines is 1. The van der Waals surface area contributed by atoms with Gasteiger partial charge in [-0.1, -0.05) is 13.8 Å². The Morgan fingerprint density at radius 1 is 1.23 bits per heavy atom. The van der Waals surface area contributed by atoms with E-state index in [1.54, 1.807) is 0 Å². The lowest BCUT2D eigenvalue weighted by Crippen LogP contribution is -2.56. The number of nitrogens with one attached hydrogen (secondary N) is 4. The molecule has 0 aromatic heterocycles. The van der Waals surface area contributed by atoms with Gasteiger partial charge in [-0.3, -0.25) is 0 Å². The molecule has 2 rings (SSSR count). The summed E-state index contributed by atoms with van der Waals surface area (Å²) in [7, 11) is 0. The molecule has 1 aromatic carbocycles. The summed E-state index contributed by atoms with van der Waals surface area (Å²) in [5.41, 5.74) is 2.46. The maximum Gasteiger partial charge on any atom is 0.573 e. The van der Waals surface area contributed by atoms with E-state index in [0.717, 1.165) is 12.1 Å². The molecule has 1 aliphatic rings. The second-order valence-electron chi connectivity index (χ2n) is 6.12. The van der Waals surface area contributed by atoms with E-state index in [1.165, 1.54) is 12.1 Å². The van der Waals surface area contributed by atoms with Gasteiger partial charge in [0.2, 0.25) is 6.35 Å². The van der Waals surface area contributed by atoms with E-state index < -0.39 is 18.9 Å². The fourth-order valence-corrected chi connectivity index (χ4v) is 2.40. The van der Waals surface area contributed by atoms with Gasteiger partial charge in [-0.05, 0) is 30.2 Å². The molecule has 0 saturated carbocycles. The Kier molecular flexibility index (Phi) is 6.51. The number of hydrogen-bond donors (Lipinski definition) is 6. The number of ether oxygens (including phenoxy) is 1. The van der Waals surface area contributed by atoms with Gasteiger partial charge in [-0.2, -0.15) is 5.48 Å². The Labute approximate surface area is 148 Å². The molecule has 3 unspecified atom stereocenters. The van der Waals surface area contributed by atoms with Crippen LogP contribution >= 0.6 is 0 Å². The maximum atomic E-state index is 12.1. The Morgan fingerprint density at radius 3 is 2.42 bits per heavy atom. The maximum absolute atomic E-state index is 12.1. The van der Waals surface area contributed by atoms with E-state index in [0.29, 0.717) is 12.1 Å². The Morgan fingerprint density at radius 2 is 1.88 bits per heavy atom. The zero-order valence-corrected chi connectivity index (χ0v) is 14.2. The van der Waals surface area contributed by atoms with E-state index >= 15 is 0 Å². The third kappa shape index (κ3) is 6.24. The van der Waals surface area contributed by atoms with Gasteiger partial charge in [-0.25, -0.2) is 4.99 Å². The van der Waals surface area contributed by atoms with Gasteiger partial charge in [0.15, 0.2) is 5.96 Å². The summed E-state index contributed by atoms with van der Waals surface area (Å²) in [5, 5.41) is 27.6. The van der Waals surface area contributed by atoms with Crippen molar-refractivity contribution in [2.24, 2.45) is 10.9 Å². The van der Waals surface area contributed by atoms with E-state index in [1.807, 2.05) is 13.8 Å². The fourth-order valence-electron chi connectivity index (χ4n) is 2.40. The number of hydroxylamine groups is 1. The van der Waals surface area contributed by atoms with Crippen LogP contribution in [0.3, 0.4) is 0 Å². The summed E-state index contributed by atoms with van der Waals surface area (Å²) in [6.07, 6.45) is -5.97.